The van der Waals surface area contributed by atoms with Crippen molar-refractivity contribution in [1.29, 1.82) is 0 Å². The average molecular weight is 314 g/mol. The highest BCUT2D eigenvalue weighted by molar-refractivity contribution is 7.09. The molecule has 3 rings (SSSR count). The highest BCUT2D eigenvalue weighted by atomic mass is 32.1. The first-order valence-electron chi connectivity index (χ1n) is 7.93. The summed E-state index contributed by atoms with van der Waals surface area (Å²) in [6, 6.07) is 8.43. The number of piperidine rings is 1. The maximum Gasteiger partial charge on any atom is 0.230 e. The second-order valence-electron chi connectivity index (χ2n) is 6.05. The minimum atomic E-state index is -0.0968. The van der Waals surface area contributed by atoms with Crippen LogP contribution in [0.15, 0.2) is 35.8 Å². The van der Waals surface area contributed by atoms with Gasteiger partial charge in [0.05, 0.1) is 12.0 Å². The van der Waals surface area contributed by atoms with E-state index in [1.165, 1.54) is 12.0 Å². The quantitative estimate of drug-likeness (QED) is 0.846. The topological polar surface area (TPSA) is 33.2 Å². The molecule has 1 aromatic carbocycles. The van der Waals surface area contributed by atoms with Crippen LogP contribution < -0.4 is 0 Å². The number of nitrogens with zero attached hydrogens (tertiary/aromatic N) is 2. The Hall–Kier alpha value is -1.68. The normalized spacial score (nSPS) is 19.9. The lowest BCUT2D eigenvalue weighted by Crippen LogP contribution is -2.40. The summed E-state index contributed by atoms with van der Waals surface area (Å²) in [5.74, 6) is 0.131. The zero-order chi connectivity index (χ0) is 15.5. The van der Waals surface area contributed by atoms with Crippen molar-refractivity contribution in [3.8, 4) is 0 Å². The van der Waals surface area contributed by atoms with Gasteiger partial charge in [-0.1, -0.05) is 29.8 Å². The van der Waals surface area contributed by atoms with E-state index in [1.54, 1.807) is 11.3 Å². The van der Waals surface area contributed by atoms with Crippen molar-refractivity contribution in [2.24, 2.45) is 0 Å². The number of aromatic nitrogens is 1. The van der Waals surface area contributed by atoms with Gasteiger partial charge in [0, 0.05) is 18.1 Å². The number of rotatable bonds is 3. The maximum absolute atomic E-state index is 13.0. The molecule has 22 heavy (non-hydrogen) atoms. The molecule has 2 atom stereocenters. The van der Waals surface area contributed by atoms with Crippen LogP contribution >= 0.6 is 11.3 Å². The number of hydrogen-bond donors (Lipinski definition) is 0. The summed E-state index contributed by atoms with van der Waals surface area (Å²) in [5, 5.41) is 3.07. The second kappa shape index (κ2) is 6.61. The third-order valence-corrected chi connectivity index (χ3v) is 5.31. The molecule has 0 bridgehead atoms. The van der Waals surface area contributed by atoms with E-state index in [-0.39, 0.29) is 17.9 Å². The van der Waals surface area contributed by atoms with Crippen molar-refractivity contribution in [2.75, 3.05) is 6.54 Å². The third kappa shape index (κ3) is 3.07. The molecule has 1 aromatic heterocycles. The summed E-state index contributed by atoms with van der Waals surface area (Å²) in [5.41, 5.74) is 2.31. The first kappa shape index (κ1) is 15.2. The van der Waals surface area contributed by atoms with Gasteiger partial charge >= 0.3 is 0 Å². The number of carbonyl (C=O) groups excluding carboxylic acids is 1. The summed E-state index contributed by atoms with van der Waals surface area (Å²) in [6.45, 7) is 4.93. The monoisotopic (exact) mass is 314 g/mol. The molecular formula is C18H22N2OS. The van der Waals surface area contributed by atoms with Gasteiger partial charge in [0.2, 0.25) is 5.91 Å². The van der Waals surface area contributed by atoms with E-state index in [1.807, 2.05) is 24.6 Å². The fourth-order valence-electron chi connectivity index (χ4n) is 3.18. The third-order valence-electron chi connectivity index (χ3n) is 4.43. The number of likely N-dealkylation sites (tertiary alicyclic amines) is 1. The minimum Gasteiger partial charge on any atom is -0.333 e. The standard InChI is InChI=1S/C18H22N2OS/c1-13-6-5-7-15(12-13)14(2)18(21)20-10-4-3-8-16(20)17-19-9-11-22-17/h5-7,9,11-12,14,16H,3-4,8,10H2,1-2H3/t14-,16+/m0/s1. The fourth-order valence-corrected chi connectivity index (χ4v) is 3.97. The van der Waals surface area contributed by atoms with Crippen molar-refractivity contribution in [1.82, 2.24) is 9.88 Å². The van der Waals surface area contributed by atoms with Crippen LogP contribution in [0.25, 0.3) is 0 Å². The molecule has 0 spiro atoms. The first-order valence-corrected chi connectivity index (χ1v) is 8.81. The molecule has 1 aliphatic rings. The van der Waals surface area contributed by atoms with Crippen LogP contribution in [0.3, 0.4) is 0 Å². The Morgan fingerprint density at radius 1 is 1.41 bits per heavy atom. The number of carbonyl (C=O) groups is 1. The van der Waals surface area contributed by atoms with Crippen molar-refractivity contribution in [3.05, 3.63) is 52.0 Å². The Bertz CT molecular complexity index is 638. The molecule has 2 aromatic rings. The molecule has 4 heteroatoms. The van der Waals surface area contributed by atoms with Gasteiger partial charge in [0.1, 0.15) is 5.01 Å². The van der Waals surface area contributed by atoms with E-state index in [0.29, 0.717) is 0 Å². The lowest BCUT2D eigenvalue weighted by atomic mass is 9.95. The summed E-state index contributed by atoms with van der Waals surface area (Å²) >= 11 is 1.66. The molecular weight excluding hydrogens is 292 g/mol. The Balaban J connectivity index is 1.82. The van der Waals surface area contributed by atoms with Gasteiger partial charge in [-0.3, -0.25) is 4.79 Å². The van der Waals surface area contributed by atoms with E-state index < -0.39 is 0 Å². The van der Waals surface area contributed by atoms with E-state index in [4.69, 9.17) is 0 Å². The molecule has 3 nitrogen and oxygen atoms in total. The molecule has 1 aliphatic heterocycles. The van der Waals surface area contributed by atoms with Crippen molar-refractivity contribution in [2.45, 2.75) is 45.1 Å². The number of hydrogen-bond acceptors (Lipinski definition) is 3. The van der Waals surface area contributed by atoms with Crippen LogP contribution in [0.5, 0.6) is 0 Å². The first-order chi connectivity index (χ1) is 10.7. The van der Waals surface area contributed by atoms with Crippen LogP contribution in [-0.2, 0) is 4.79 Å². The summed E-state index contributed by atoms with van der Waals surface area (Å²) < 4.78 is 0. The van der Waals surface area contributed by atoms with Gasteiger partial charge in [-0.15, -0.1) is 11.3 Å². The molecule has 0 aliphatic carbocycles. The molecule has 116 valence electrons. The SMILES string of the molecule is Cc1cccc([C@H](C)C(=O)N2CCCC[C@@H]2c2nccs2)c1. The van der Waals surface area contributed by atoms with E-state index in [0.717, 1.165) is 30.0 Å². The zero-order valence-corrected chi connectivity index (χ0v) is 14.0. The lowest BCUT2D eigenvalue weighted by molar-refractivity contribution is -0.136. The molecule has 2 heterocycles. The van der Waals surface area contributed by atoms with E-state index in [2.05, 4.69) is 35.0 Å². The molecule has 0 saturated carbocycles. The Labute approximate surface area is 136 Å². The Morgan fingerprint density at radius 2 is 2.27 bits per heavy atom. The van der Waals surface area contributed by atoms with E-state index >= 15 is 0 Å². The number of amides is 1. The van der Waals surface area contributed by atoms with Crippen molar-refractivity contribution < 1.29 is 4.79 Å². The Kier molecular flexibility index (Phi) is 4.57. The number of thiazole rings is 1. The molecule has 1 amide bonds. The molecule has 0 unspecified atom stereocenters. The van der Waals surface area contributed by atoms with Crippen LogP contribution in [0.4, 0.5) is 0 Å². The predicted octanol–water partition coefficient (Wildman–Crippen LogP) is 4.31. The molecule has 0 radical (unpaired) electrons. The molecule has 1 saturated heterocycles. The van der Waals surface area contributed by atoms with Gasteiger partial charge in [0.25, 0.3) is 0 Å². The van der Waals surface area contributed by atoms with Gasteiger partial charge < -0.3 is 4.90 Å². The summed E-state index contributed by atoms with van der Waals surface area (Å²) in [6.07, 6.45) is 5.13. The Morgan fingerprint density at radius 3 is 3.00 bits per heavy atom. The van der Waals surface area contributed by atoms with Crippen LogP contribution in [0.2, 0.25) is 0 Å². The van der Waals surface area contributed by atoms with Crippen molar-refractivity contribution in [3.63, 3.8) is 0 Å². The largest absolute Gasteiger partial charge is 0.333 e. The lowest BCUT2D eigenvalue weighted by Gasteiger charge is -2.36. The fraction of sp³-hybridized carbons (Fsp3) is 0.444. The van der Waals surface area contributed by atoms with Gasteiger partial charge in [-0.05, 0) is 38.7 Å². The summed E-state index contributed by atoms with van der Waals surface area (Å²) in [4.78, 5) is 19.5. The molecule has 1 fully saturated rings. The van der Waals surface area contributed by atoms with Crippen LogP contribution in [-0.4, -0.2) is 22.3 Å². The summed E-state index contributed by atoms with van der Waals surface area (Å²) in [7, 11) is 0. The van der Waals surface area contributed by atoms with E-state index in [9.17, 15) is 4.79 Å². The van der Waals surface area contributed by atoms with Gasteiger partial charge in [-0.25, -0.2) is 4.98 Å². The van der Waals surface area contributed by atoms with Crippen LogP contribution in [0, 0.1) is 6.92 Å². The van der Waals surface area contributed by atoms with Crippen molar-refractivity contribution >= 4 is 17.2 Å². The van der Waals surface area contributed by atoms with Gasteiger partial charge in [0.15, 0.2) is 0 Å². The number of aryl methyl sites for hydroxylation is 1. The zero-order valence-electron chi connectivity index (χ0n) is 13.2. The minimum absolute atomic E-state index is 0.0968. The van der Waals surface area contributed by atoms with Crippen LogP contribution in [0.1, 0.15) is 54.3 Å². The average Bonchev–Trinajstić information content (AvgIpc) is 3.08. The highest BCUT2D eigenvalue weighted by Gasteiger charge is 2.32. The number of benzene rings is 1. The van der Waals surface area contributed by atoms with Gasteiger partial charge in [-0.2, -0.15) is 0 Å². The molecule has 0 N–H and O–H groups in total. The second-order valence-corrected chi connectivity index (χ2v) is 6.98. The highest BCUT2D eigenvalue weighted by Crippen LogP contribution is 2.34. The maximum atomic E-state index is 13.0. The smallest absolute Gasteiger partial charge is 0.230 e. The predicted molar refractivity (Wildman–Crippen MR) is 90.0 cm³/mol.